The minimum Gasteiger partial charge on any atom is -0.378 e. The van der Waals surface area contributed by atoms with Crippen LogP contribution >= 0.6 is 11.3 Å². The van der Waals surface area contributed by atoms with Crippen LogP contribution in [-0.2, 0) is 11.3 Å². The highest BCUT2D eigenvalue weighted by atomic mass is 32.1. The molecule has 10 heteroatoms. The third kappa shape index (κ3) is 4.83. The Morgan fingerprint density at radius 2 is 1.94 bits per heavy atom. The normalized spacial score (nSPS) is 18.0. The zero-order valence-electron chi connectivity index (χ0n) is 18.5. The standard InChI is InChI=1S/C22H30N8OS/c1-29(13-15-2-4-24-5-3-15)14-17-10-18-19(32-17)21(30-6-8-31-9-7-30)28-20(27-18)16-11-25-22(23)26-12-16/h10-12,15,24H,2-9,13-14H2,1H3,(H2,23,25,26). The maximum atomic E-state index is 5.67. The van der Waals surface area contributed by atoms with Crippen LogP contribution in [0.15, 0.2) is 18.5 Å². The molecule has 170 valence electrons. The van der Waals surface area contributed by atoms with E-state index in [-0.39, 0.29) is 5.95 Å². The summed E-state index contributed by atoms with van der Waals surface area (Å²) < 4.78 is 6.70. The van der Waals surface area contributed by atoms with Gasteiger partial charge in [-0.15, -0.1) is 11.3 Å². The van der Waals surface area contributed by atoms with Gasteiger partial charge in [0.15, 0.2) is 11.6 Å². The van der Waals surface area contributed by atoms with Crippen LogP contribution in [0.1, 0.15) is 17.7 Å². The van der Waals surface area contributed by atoms with Crippen LogP contribution in [-0.4, -0.2) is 77.8 Å². The van der Waals surface area contributed by atoms with Gasteiger partial charge >= 0.3 is 0 Å². The van der Waals surface area contributed by atoms with Crippen molar-refractivity contribution in [3.8, 4) is 11.4 Å². The highest BCUT2D eigenvalue weighted by molar-refractivity contribution is 7.19. The molecule has 0 amide bonds. The molecule has 5 rings (SSSR count). The third-order valence-corrected chi connectivity index (χ3v) is 7.20. The first-order valence-electron chi connectivity index (χ1n) is 11.3. The van der Waals surface area contributed by atoms with E-state index in [1.165, 1.54) is 17.7 Å². The van der Waals surface area contributed by atoms with Crippen molar-refractivity contribution < 1.29 is 4.74 Å². The molecule has 0 unspecified atom stereocenters. The number of rotatable bonds is 6. The molecule has 2 aliphatic rings. The number of piperidine rings is 1. The van der Waals surface area contributed by atoms with Crippen LogP contribution in [0, 0.1) is 5.92 Å². The first-order chi connectivity index (χ1) is 15.7. The van der Waals surface area contributed by atoms with E-state index in [0.717, 1.165) is 66.8 Å². The van der Waals surface area contributed by atoms with Crippen molar-refractivity contribution in [2.45, 2.75) is 19.4 Å². The molecule has 9 nitrogen and oxygen atoms in total. The minimum atomic E-state index is 0.248. The molecular formula is C22H30N8OS. The van der Waals surface area contributed by atoms with Gasteiger partial charge in [-0.3, -0.25) is 0 Å². The molecule has 5 heterocycles. The van der Waals surface area contributed by atoms with Crippen LogP contribution in [0.3, 0.4) is 0 Å². The first kappa shape index (κ1) is 21.4. The zero-order chi connectivity index (χ0) is 21.9. The molecule has 2 saturated heterocycles. The summed E-state index contributed by atoms with van der Waals surface area (Å²) in [5.74, 6) is 2.63. The van der Waals surface area contributed by atoms with Crippen molar-refractivity contribution >= 4 is 33.3 Å². The largest absolute Gasteiger partial charge is 0.378 e. The van der Waals surface area contributed by atoms with Crippen LogP contribution < -0.4 is 16.0 Å². The molecule has 0 bridgehead atoms. The molecule has 3 aromatic rings. The molecule has 0 aliphatic carbocycles. The SMILES string of the molecule is CN(Cc1cc2nc(-c3cnc(N)nc3)nc(N3CCOCC3)c2s1)CC1CCNCC1. The van der Waals surface area contributed by atoms with Gasteiger partial charge in [0.2, 0.25) is 5.95 Å². The Morgan fingerprint density at radius 1 is 1.19 bits per heavy atom. The summed E-state index contributed by atoms with van der Waals surface area (Å²) in [5.41, 5.74) is 7.41. The van der Waals surface area contributed by atoms with Gasteiger partial charge in [-0.25, -0.2) is 19.9 Å². The summed E-state index contributed by atoms with van der Waals surface area (Å²) in [7, 11) is 2.22. The fourth-order valence-corrected chi connectivity index (χ4v) is 5.64. The fraction of sp³-hybridized carbons (Fsp3) is 0.545. The topological polar surface area (TPSA) is 105 Å². The highest BCUT2D eigenvalue weighted by Gasteiger charge is 2.21. The number of nitrogen functional groups attached to an aromatic ring is 1. The number of aromatic nitrogens is 4. The van der Waals surface area contributed by atoms with E-state index < -0.39 is 0 Å². The van der Waals surface area contributed by atoms with Gasteiger partial charge in [-0.05, 0) is 45.0 Å². The summed E-state index contributed by atoms with van der Waals surface area (Å²) in [5, 5.41) is 3.45. The Bertz CT molecular complexity index is 1040. The van der Waals surface area contributed by atoms with Gasteiger partial charge in [-0.2, -0.15) is 0 Å². The van der Waals surface area contributed by atoms with E-state index in [1.807, 2.05) is 0 Å². The zero-order valence-corrected chi connectivity index (χ0v) is 19.3. The summed E-state index contributed by atoms with van der Waals surface area (Å²) in [4.78, 5) is 24.1. The van der Waals surface area contributed by atoms with Crippen molar-refractivity contribution in [1.82, 2.24) is 30.2 Å². The van der Waals surface area contributed by atoms with Crippen LogP contribution in [0.4, 0.5) is 11.8 Å². The number of nitrogens with zero attached hydrogens (tertiary/aromatic N) is 6. The monoisotopic (exact) mass is 454 g/mol. The van der Waals surface area contributed by atoms with Crippen molar-refractivity contribution in [2.24, 2.45) is 5.92 Å². The van der Waals surface area contributed by atoms with E-state index in [0.29, 0.717) is 19.0 Å². The lowest BCUT2D eigenvalue weighted by Gasteiger charge is -2.28. The second-order valence-electron chi connectivity index (χ2n) is 8.62. The lowest BCUT2D eigenvalue weighted by atomic mass is 9.98. The molecule has 0 atom stereocenters. The fourth-order valence-electron chi connectivity index (χ4n) is 4.45. The molecule has 0 aromatic carbocycles. The Balaban J connectivity index is 1.44. The molecule has 2 fully saturated rings. The molecular weight excluding hydrogens is 424 g/mol. The molecule has 0 spiro atoms. The van der Waals surface area contributed by atoms with Gasteiger partial charge in [0.25, 0.3) is 0 Å². The average Bonchev–Trinajstić information content (AvgIpc) is 3.22. The number of hydrogen-bond donors (Lipinski definition) is 2. The Morgan fingerprint density at radius 3 is 2.69 bits per heavy atom. The molecule has 0 radical (unpaired) electrons. The Kier molecular flexibility index (Phi) is 6.44. The van der Waals surface area contributed by atoms with Gasteiger partial charge in [0, 0.05) is 43.4 Å². The van der Waals surface area contributed by atoms with Crippen LogP contribution in [0.5, 0.6) is 0 Å². The minimum absolute atomic E-state index is 0.248. The van der Waals surface area contributed by atoms with Crippen molar-refractivity contribution in [2.75, 3.05) is 63.6 Å². The third-order valence-electron chi connectivity index (χ3n) is 6.10. The molecule has 3 N–H and O–H groups in total. The number of thiophene rings is 1. The van der Waals surface area contributed by atoms with Gasteiger partial charge in [0.05, 0.1) is 29.0 Å². The number of nitrogens with two attached hydrogens (primary N) is 1. The van der Waals surface area contributed by atoms with E-state index in [9.17, 15) is 0 Å². The molecule has 32 heavy (non-hydrogen) atoms. The predicted octanol–water partition coefficient (Wildman–Crippen LogP) is 2.00. The summed E-state index contributed by atoms with van der Waals surface area (Å²) >= 11 is 1.80. The van der Waals surface area contributed by atoms with Crippen molar-refractivity contribution in [3.05, 3.63) is 23.3 Å². The lowest BCUT2D eigenvalue weighted by molar-refractivity contribution is 0.122. The molecule has 2 aliphatic heterocycles. The predicted molar refractivity (Wildman–Crippen MR) is 128 cm³/mol. The quantitative estimate of drug-likeness (QED) is 0.578. The maximum Gasteiger partial charge on any atom is 0.219 e. The number of morpholine rings is 1. The number of fused-ring (bicyclic) bond motifs is 1. The van der Waals surface area contributed by atoms with E-state index in [4.69, 9.17) is 20.4 Å². The number of hydrogen-bond acceptors (Lipinski definition) is 10. The second kappa shape index (κ2) is 9.62. The lowest BCUT2D eigenvalue weighted by Crippen LogP contribution is -2.36. The number of nitrogens with one attached hydrogen (secondary N) is 1. The average molecular weight is 455 g/mol. The summed E-state index contributed by atoms with van der Waals surface area (Å²) in [6, 6.07) is 2.21. The van der Waals surface area contributed by atoms with Gasteiger partial charge in [-0.1, -0.05) is 0 Å². The van der Waals surface area contributed by atoms with Crippen molar-refractivity contribution in [3.63, 3.8) is 0 Å². The molecule has 0 saturated carbocycles. The van der Waals surface area contributed by atoms with E-state index in [2.05, 4.69) is 38.2 Å². The maximum absolute atomic E-state index is 5.67. The summed E-state index contributed by atoms with van der Waals surface area (Å²) in [6.45, 7) is 7.40. The molecule has 3 aromatic heterocycles. The summed E-state index contributed by atoms with van der Waals surface area (Å²) in [6.07, 6.45) is 5.90. The highest BCUT2D eigenvalue weighted by Crippen LogP contribution is 2.35. The number of anilines is 2. The Hall–Kier alpha value is -2.40. The number of ether oxygens (including phenoxy) is 1. The van der Waals surface area contributed by atoms with Gasteiger partial charge in [0.1, 0.15) is 0 Å². The van der Waals surface area contributed by atoms with Crippen LogP contribution in [0.25, 0.3) is 21.6 Å². The van der Waals surface area contributed by atoms with Crippen molar-refractivity contribution in [1.29, 1.82) is 0 Å². The Labute approximate surface area is 192 Å². The van der Waals surface area contributed by atoms with Gasteiger partial charge < -0.3 is 25.6 Å². The van der Waals surface area contributed by atoms with Crippen LogP contribution in [0.2, 0.25) is 0 Å². The smallest absolute Gasteiger partial charge is 0.219 e. The first-order valence-corrected chi connectivity index (χ1v) is 12.1. The second-order valence-corrected chi connectivity index (χ2v) is 9.75. The van der Waals surface area contributed by atoms with E-state index in [1.54, 1.807) is 23.7 Å². The van der Waals surface area contributed by atoms with E-state index >= 15 is 0 Å².